The van der Waals surface area contributed by atoms with Crippen molar-refractivity contribution >= 4 is 17.5 Å². The highest BCUT2D eigenvalue weighted by molar-refractivity contribution is 6.30. The second-order valence-corrected chi connectivity index (χ2v) is 6.80. The van der Waals surface area contributed by atoms with E-state index in [-0.39, 0.29) is 12.2 Å². The Morgan fingerprint density at radius 2 is 2.00 bits per heavy atom. The Morgan fingerprint density at radius 3 is 2.58 bits per heavy atom. The van der Waals surface area contributed by atoms with Crippen LogP contribution in [0.3, 0.4) is 0 Å². The lowest BCUT2D eigenvalue weighted by Crippen LogP contribution is -2.41. The SMILES string of the molecule is CC#CCCN(CCC1OCC(CC)CO1)C(=O)C(Cl)CCCC. The summed E-state index contributed by atoms with van der Waals surface area (Å²) in [7, 11) is 0. The highest BCUT2D eigenvalue weighted by Crippen LogP contribution is 2.18. The van der Waals surface area contributed by atoms with Crippen LogP contribution >= 0.6 is 11.6 Å². The zero-order chi connectivity index (χ0) is 17.8. The van der Waals surface area contributed by atoms with Gasteiger partial charge < -0.3 is 14.4 Å². The molecule has 4 nitrogen and oxygen atoms in total. The van der Waals surface area contributed by atoms with Crippen LogP contribution in [0.5, 0.6) is 0 Å². The first-order valence-electron chi connectivity index (χ1n) is 9.17. The third-order valence-electron chi connectivity index (χ3n) is 4.32. The molecule has 1 atom stereocenters. The number of rotatable bonds is 10. The maximum absolute atomic E-state index is 12.6. The predicted octanol–water partition coefficient (Wildman–Crippen LogP) is 3.82. The van der Waals surface area contributed by atoms with Crippen LogP contribution in [0.4, 0.5) is 0 Å². The van der Waals surface area contributed by atoms with Gasteiger partial charge in [-0.2, -0.15) is 0 Å². The lowest BCUT2D eigenvalue weighted by molar-refractivity contribution is -0.204. The smallest absolute Gasteiger partial charge is 0.240 e. The molecule has 1 saturated heterocycles. The molecule has 0 bridgehead atoms. The molecular weight excluding hydrogens is 326 g/mol. The van der Waals surface area contributed by atoms with Crippen molar-refractivity contribution in [3.63, 3.8) is 0 Å². The predicted molar refractivity (Wildman–Crippen MR) is 97.9 cm³/mol. The number of amides is 1. The van der Waals surface area contributed by atoms with Crippen LogP contribution in [0.1, 0.15) is 59.3 Å². The van der Waals surface area contributed by atoms with E-state index >= 15 is 0 Å². The first-order chi connectivity index (χ1) is 11.6. The summed E-state index contributed by atoms with van der Waals surface area (Å²) in [5, 5.41) is -0.447. The van der Waals surface area contributed by atoms with E-state index in [0.29, 0.717) is 31.8 Å². The Kier molecular flexibility index (Phi) is 11.2. The highest BCUT2D eigenvalue weighted by atomic mass is 35.5. The van der Waals surface area contributed by atoms with Crippen molar-refractivity contribution in [3.8, 4) is 11.8 Å². The van der Waals surface area contributed by atoms with Gasteiger partial charge in [0.15, 0.2) is 6.29 Å². The molecule has 1 heterocycles. The van der Waals surface area contributed by atoms with Gasteiger partial charge in [-0.15, -0.1) is 23.4 Å². The van der Waals surface area contributed by atoms with E-state index in [9.17, 15) is 4.79 Å². The molecule has 1 unspecified atom stereocenters. The van der Waals surface area contributed by atoms with Crippen molar-refractivity contribution in [2.75, 3.05) is 26.3 Å². The Hall–Kier alpha value is -0.760. The van der Waals surface area contributed by atoms with E-state index in [1.54, 1.807) is 0 Å². The van der Waals surface area contributed by atoms with Crippen LogP contribution in [-0.4, -0.2) is 48.8 Å². The van der Waals surface area contributed by atoms with Crippen LogP contribution in [0, 0.1) is 17.8 Å². The van der Waals surface area contributed by atoms with Gasteiger partial charge in [-0.05, 0) is 19.8 Å². The molecule has 0 N–H and O–H groups in total. The molecule has 24 heavy (non-hydrogen) atoms. The fourth-order valence-electron chi connectivity index (χ4n) is 2.60. The molecule has 0 radical (unpaired) electrons. The van der Waals surface area contributed by atoms with Crippen LogP contribution in [0.25, 0.3) is 0 Å². The summed E-state index contributed by atoms with van der Waals surface area (Å²) in [6.45, 7) is 8.75. The minimum atomic E-state index is -0.447. The summed E-state index contributed by atoms with van der Waals surface area (Å²) >= 11 is 6.29. The number of nitrogens with zero attached hydrogens (tertiary/aromatic N) is 1. The number of halogens is 1. The summed E-state index contributed by atoms with van der Waals surface area (Å²) in [5.74, 6) is 6.38. The van der Waals surface area contributed by atoms with Crippen molar-refractivity contribution in [2.24, 2.45) is 5.92 Å². The molecule has 0 aromatic carbocycles. The minimum Gasteiger partial charge on any atom is -0.352 e. The van der Waals surface area contributed by atoms with Gasteiger partial charge in [-0.1, -0.05) is 26.7 Å². The fraction of sp³-hybridized carbons (Fsp3) is 0.842. The Balaban J connectivity index is 2.48. The zero-order valence-electron chi connectivity index (χ0n) is 15.4. The molecule has 5 heteroatoms. The molecule has 0 aromatic heterocycles. The van der Waals surface area contributed by atoms with Crippen molar-refractivity contribution in [1.29, 1.82) is 0 Å². The number of carbonyl (C=O) groups excluding carboxylic acids is 1. The van der Waals surface area contributed by atoms with Gasteiger partial charge >= 0.3 is 0 Å². The first kappa shape index (κ1) is 21.3. The van der Waals surface area contributed by atoms with Gasteiger partial charge in [0.1, 0.15) is 5.38 Å². The maximum atomic E-state index is 12.6. The number of hydrogen-bond acceptors (Lipinski definition) is 3. The Labute approximate surface area is 152 Å². The number of hydrogen-bond donors (Lipinski definition) is 0. The molecule has 0 aromatic rings. The molecular formula is C19H32ClNO3. The van der Waals surface area contributed by atoms with Gasteiger partial charge in [0.2, 0.25) is 5.91 Å². The molecule has 1 fully saturated rings. The van der Waals surface area contributed by atoms with Gasteiger partial charge in [0.05, 0.1) is 13.2 Å². The van der Waals surface area contributed by atoms with E-state index in [1.165, 1.54) is 0 Å². The quantitative estimate of drug-likeness (QED) is 0.440. The van der Waals surface area contributed by atoms with E-state index in [2.05, 4.69) is 25.7 Å². The first-order valence-corrected chi connectivity index (χ1v) is 9.61. The molecule has 1 aliphatic heterocycles. The van der Waals surface area contributed by atoms with Crippen LogP contribution in [0.2, 0.25) is 0 Å². The average Bonchev–Trinajstić information content (AvgIpc) is 2.62. The van der Waals surface area contributed by atoms with Crippen molar-refractivity contribution in [2.45, 2.75) is 71.0 Å². The summed E-state index contributed by atoms with van der Waals surface area (Å²) in [6, 6.07) is 0. The second-order valence-electron chi connectivity index (χ2n) is 6.27. The Bertz CT molecular complexity index is 411. The summed E-state index contributed by atoms with van der Waals surface area (Å²) < 4.78 is 11.5. The second kappa shape index (κ2) is 12.6. The number of ether oxygens (including phenoxy) is 2. The monoisotopic (exact) mass is 357 g/mol. The van der Waals surface area contributed by atoms with Crippen LogP contribution in [0.15, 0.2) is 0 Å². The van der Waals surface area contributed by atoms with E-state index in [4.69, 9.17) is 21.1 Å². The van der Waals surface area contributed by atoms with Crippen molar-refractivity contribution in [1.82, 2.24) is 4.90 Å². The number of carbonyl (C=O) groups is 1. The topological polar surface area (TPSA) is 38.8 Å². The largest absolute Gasteiger partial charge is 0.352 e. The lowest BCUT2D eigenvalue weighted by Gasteiger charge is -2.31. The van der Waals surface area contributed by atoms with E-state index < -0.39 is 5.38 Å². The third kappa shape index (κ3) is 7.88. The number of unbranched alkanes of at least 4 members (excludes halogenated alkanes) is 1. The fourth-order valence-corrected chi connectivity index (χ4v) is 2.89. The summed E-state index contributed by atoms with van der Waals surface area (Å²) in [5.41, 5.74) is 0. The standard InChI is InChI=1S/C19H32ClNO3/c1-4-7-9-12-21(19(22)17(20)10-8-5-2)13-11-18-23-14-16(6-3)15-24-18/h16-18H,5-6,8-15H2,1-3H3. The summed E-state index contributed by atoms with van der Waals surface area (Å²) in [4.78, 5) is 14.4. The number of alkyl halides is 1. The molecule has 1 amide bonds. The minimum absolute atomic E-state index is 0.00487. The molecule has 138 valence electrons. The molecule has 0 spiro atoms. The normalized spacial score (nSPS) is 21.7. The van der Waals surface area contributed by atoms with Crippen LogP contribution < -0.4 is 0 Å². The van der Waals surface area contributed by atoms with Crippen molar-refractivity contribution < 1.29 is 14.3 Å². The molecule has 0 saturated carbocycles. The van der Waals surface area contributed by atoms with Gasteiger partial charge in [0.25, 0.3) is 0 Å². The zero-order valence-corrected chi connectivity index (χ0v) is 16.1. The third-order valence-corrected chi connectivity index (χ3v) is 4.73. The summed E-state index contributed by atoms with van der Waals surface area (Å²) in [6.07, 6.45) is 4.93. The van der Waals surface area contributed by atoms with Gasteiger partial charge in [-0.25, -0.2) is 0 Å². The lowest BCUT2D eigenvalue weighted by atomic mass is 10.1. The van der Waals surface area contributed by atoms with Crippen molar-refractivity contribution in [3.05, 3.63) is 0 Å². The molecule has 1 aliphatic rings. The van der Waals surface area contributed by atoms with Crippen LogP contribution in [-0.2, 0) is 14.3 Å². The Morgan fingerprint density at radius 1 is 1.29 bits per heavy atom. The molecule has 1 rings (SSSR count). The molecule has 0 aliphatic carbocycles. The van der Waals surface area contributed by atoms with Gasteiger partial charge in [-0.3, -0.25) is 4.79 Å². The van der Waals surface area contributed by atoms with E-state index in [1.807, 2.05) is 11.8 Å². The maximum Gasteiger partial charge on any atom is 0.240 e. The average molecular weight is 358 g/mol. The van der Waals surface area contributed by atoms with Gasteiger partial charge in [0, 0.05) is 31.8 Å². The highest BCUT2D eigenvalue weighted by Gasteiger charge is 2.25. The van der Waals surface area contributed by atoms with E-state index in [0.717, 1.165) is 38.9 Å².